The number of hydrogen-bond donors (Lipinski definition) is 0. The van der Waals surface area contributed by atoms with Gasteiger partial charge in [-0.15, -0.1) is 0 Å². The lowest BCUT2D eigenvalue weighted by molar-refractivity contribution is 0.103. The molecule has 1 aromatic heterocycles. The molecule has 124 valence electrons. The van der Waals surface area contributed by atoms with Crippen LogP contribution in [0.2, 0.25) is 0 Å². The van der Waals surface area contributed by atoms with E-state index in [0.29, 0.717) is 11.3 Å². The van der Waals surface area contributed by atoms with Crippen molar-refractivity contribution in [2.24, 2.45) is 0 Å². The minimum Gasteiger partial charge on any atom is -0.306 e. The van der Waals surface area contributed by atoms with E-state index in [1.54, 1.807) is 6.07 Å². The molecule has 0 N–H and O–H groups in total. The van der Waals surface area contributed by atoms with E-state index in [0.717, 1.165) is 28.1 Å². The van der Waals surface area contributed by atoms with Crippen LogP contribution in [-0.2, 0) is 0 Å². The van der Waals surface area contributed by atoms with Gasteiger partial charge in [-0.25, -0.2) is 4.39 Å². The number of halogens is 1. The standard InChI is InChI=1S/C23H14FNO/c24-16-11-12-18-19-14-21(15-7-3-1-4-8-15)25(17-9-5-2-6-10-17)22(19)23(26)20(18)13-16/h1-14H. The highest BCUT2D eigenvalue weighted by Crippen LogP contribution is 2.42. The molecule has 0 radical (unpaired) electrons. The molecule has 1 aliphatic rings. The van der Waals surface area contributed by atoms with Crippen LogP contribution < -0.4 is 0 Å². The van der Waals surface area contributed by atoms with E-state index < -0.39 is 5.82 Å². The number of aromatic nitrogens is 1. The predicted octanol–water partition coefficient (Wildman–Crippen LogP) is 5.49. The Morgan fingerprint density at radius 2 is 1.38 bits per heavy atom. The molecular formula is C23H14FNO. The van der Waals surface area contributed by atoms with Gasteiger partial charge in [-0.05, 0) is 41.5 Å². The Labute approximate surface area is 150 Å². The second-order valence-electron chi connectivity index (χ2n) is 6.35. The van der Waals surface area contributed by atoms with Gasteiger partial charge in [-0.1, -0.05) is 54.6 Å². The SMILES string of the molecule is O=C1c2cc(F)ccc2-c2cc(-c3ccccc3)n(-c3ccccc3)c21. The highest BCUT2D eigenvalue weighted by atomic mass is 19.1. The molecule has 0 fully saturated rings. The molecule has 0 saturated heterocycles. The highest BCUT2D eigenvalue weighted by Gasteiger charge is 2.33. The molecule has 0 spiro atoms. The molecular weight excluding hydrogens is 325 g/mol. The van der Waals surface area contributed by atoms with Crippen LogP contribution in [0.15, 0.2) is 84.9 Å². The molecule has 1 heterocycles. The van der Waals surface area contributed by atoms with Crippen molar-refractivity contribution in [1.29, 1.82) is 0 Å². The van der Waals surface area contributed by atoms with Crippen LogP contribution in [0.25, 0.3) is 28.1 Å². The largest absolute Gasteiger partial charge is 0.306 e. The molecule has 0 atom stereocenters. The van der Waals surface area contributed by atoms with Crippen LogP contribution in [0.3, 0.4) is 0 Å². The van der Waals surface area contributed by atoms with Gasteiger partial charge in [0.25, 0.3) is 0 Å². The highest BCUT2D eigenvalue weighted by molar-refractivity contribution is 6.22. The fourth-order valence-corrected chi connectivity index (χ4v) is 3.67. The fraction of sp³-hybridized carbons (Fsp3) is 0. The Balaban J connectivity index is 1.85. The lowest BCUT2D eigenvalue weighted by Gasteiger charge is -2.12. The Kier molecular flexibility index (Phi) is 3.16. The van der Waals surface area contributed by atoms with Gasteiger partial charge >= 0.3 is 0 Å². The second-order valence-corrected chi connectivity index (χ2v) is 6.35. The van der Waals surface area contributed by atoms with Gasteiger partial charge in [0.15, 0.2) is 0 Å². The molecule has 5 rings (SSSR count). The van der Waals surface area contributed by atoms with Gasteiger partial charge < -0.3 is 4.57 Å². The average Bonchev–Trinajstić information content (AvgIpc) is 3.20. The Morgan fingerprint density at radius 3 is 2.12 bits per heavy atom. The Bertz CT molecular complexity index is 1140. The summed E-state index contributed by atoms with van der Waals surface area (Å²) in [6.45, 7) is 0. The van der Waals surface area contributed by atoms with Crippen molar-refractivity contribution in [3.8, 4) is 28.1 Å². The minimum atomic E-state index is -0.392. The van der Waals surface area contributed by atoms with Crippen LogP contribution in [-0.4, -0.2) is 10.4 Å². The lowest BCUT2D eigenvalue weighted by atomic mass is 10.1. The van der Waals surface area contributed by atoms with Crippen molar-refractivity contribution in [1.82, 2.24) is 4.57 Å². The maximum atomic E-state index is 13.7. The van der Waals surface area contributed by atoms with E-state index in [9.17, 15) is 9.18 Å². The third kappa shape index (κ3) is 2.07. The van der Waals surface area contributed by atoms with Gasteiger partial charge in [0.2, 0.25) is 5.78 Å². The van der Waals surface area contributed by atoms with Gasteiger partial charge in [0.05, 0.1) is 5.69 Å². The molecule has 0 unspecified atom stereocenters. The maximum absolute atomic E-state index is 13.7. The van der Waals surface area contributed by atoms with Gasteiger partial charge in [-0.3, -0.25) is 4.79 Å². The number of nitrogens with zero attached hydrogens (tertiary/aromatic N) is 1. The summed E-state index contributed by atoms with van der Waals surface area (Å²) in [5.41, 5.74) is 5.56. The third-order valence-electron chi connectivity index (χ3n) is 4.82. The summed E-state index contributed by atoms with van der Waals surface area (Å²) in [7, 11) is 0. The van der Waals surface area contributed by atoms with Gasteiger partial charge in [0.1, 0.15) is 11.5 Å². The van der Waals surface area contributed by atoms with E-state index in [1.807, 2.05) is 71.3 Å². The number of carbonyl (C=O) groups is 1. The molecule has 4 aromatic rings. The van der Waals surface area contributed by atoms with Crippen LogP contribution in [0.1, 0.15) is 16.1 Å². The smallest absolute Gasteiger partial charge is 0.211 e. The monoisotopic (exact) mass is 339 g/mol. The summed E-state index contributed by atoms with van der Waals surface area (Å²) in [4.78, 5) is 13.1. The lowest BCUT2D eigenvalue weighted by Crippen LogP contribution is -2.07. The average molecular weight is 339 g/mol. The third-order valence-corrected chi connectivity index (χ3v) is 4.82. The number of ketones is 1. The van der Waals surface area contributed by atoms with Crippen LogP contribution in [0, 0.1) is 5.82 Å². The van der Waals surface area contributed by atoms with Crippen LogP contribution in [0.4, 0.5) is 4.39 Å². The molecule has 0 amide bonds. The maximum Gasteiger partial charge on any atom is 0.211 e. The van der Waals surface area contributed by atoms with E-state index in [4.69, 9.17) is 0 Å². The molecule has 1 aliphatic carbocycles. The van der Waals surface area contributed by atoms with Crippen molar-refractivity contribution < 1.29 is 9.18 Å². The number of hydrogen-bond acceptors (Lipinski definition) is 1. The van der Waals surface area contributed by atoms with E-state index in [1.165, 1.54) is 12.1 Å². The van der Waals surface area contributed by atoms with E-state index in [-0.39, 0.29) is 5.78 Å². The quantitative estimate of drug-likeness (QED) is 0.416. The zero-order valence-corrected chi connectivity index (χ0v) is 13.8. The van der Waals surface area contributed by atoms with Crippen molar-refractivity contribution >= 4 is 5.78 Å². The summed E-state index contributed by atoms with van der Waals surface area (Å²) >= 11 is 0. The first-order valence-electron chi connectivity index (χ1n) is 8.45. The number of benzene rings is 3. The second kappa shape index (κ2) is 5.53. The van der Waals surface area contributed by atoms with Crippen LogP contribution >= 0.6 is 0 Å². The van der Waals surface area contributed by atoms with Crippen LogP contribution in [0.5, 0.6) is 0 Å². The zero-order chi connectivity index (χ0) is 17.7. The summed E-state index contributed by atoms with van der Waals surface area (Å²) < 4.78 is 15.7. The van der Waals surface area contributed by atoms with Crippen molar-refractivity contribution in [3.63, 3.8) is 0 Å². The van der Waals surface area contributed by atoms with Gasteiger partial charge in [0, 0.05) is 16.8 Å². The topological polar surface area (TPSA) is 22.0 Å². The molecule has 0 saturated carbocycles. The normalized spacial score (nSPS) is 12.1. The number of fused-ring (bicyclic) bond motifs is 3. The molecule has 3 heteroatoms. The summed E-state index contributed by atoms with van der Waals surface area (Å²) in [5, 5.41) is 0. The van der Waals surface area contributed by atoms with Crippen molar-refractivity contribution in [3.05, 3.63) is 102 Å². The minimum absolute atomic E-state index is 0.138. The van der Waals surface area contributed by atoms with Crippen molar-refractivity contribution in [2.75, 3.05) is 0 Å². The summed E-state index contributed by atoms with van der Waals surface area (Å²) in [6, 6.07) is 26.2. The molecule has 26 heavy (non-hydrogen) atoms. The van der Waals surface area contributed by atoms with E-state index in [2.05, 4.69) is 0 Å². The predicted molar refractivity (Wildman–Crippen MR) is 100 cm³/mol. The number of rotatable bonds is 2. The first-order chi connectivity index (χ1) is 12.7. The first kappa shape index (κ1) is 14.8. The Hall–Kier alpha value is -3.46. The molecule has 0 aliphatic heterocycles. The van der Waals surface area contributed by atoms with E-state index >= 15 is 0 Å². The summed E-state index contributed by atoms with van der Waals surface area (Å²) in [6.07, 6.45) is 0. The van der Waals surface area contributed by atoms with Crippen molar-refractivity contribution in [2.45, 2.75) is 0 Å². The summed E-state index contributed by atoms with van der Waals surface area (Å²) in [5.74, 6) is -0.530. The molecule has 3 aromatic carbocycles. The number of para-hydroxylation sites is 1. The zero-order valence-electron chi connectivity index (χ0n) is 13.8. The molecule has 0 bridgehead atoms. The fourth-order valence-electron chi connectivity index (χ4n) is 3.67. The Morgan fingerprint density at radius 1 is 0.692 bits per heavy atom. The first-order valence-corrected chi connectivity index (χ1v) is 8.45. The number of carbonyl (C=O) groups excluding carboxylic acids is 1. The van der Waals surface area contributed by atoms with Gasteiger partial charge in [-0.2, -0.15) is 0 Å². The molecule has 2 nitrogen and oxygen atoms in total.